The van der Waals surface area contributed by atoms with Crippen LogP contribution in [0.15, 0.2) is 15.7 Å². The van der Waals surface area contributed by atoms with Gasteiger partial charge in [0.15, 0.2) is 0 Å². The quantitative estimate of drug-likeness (QED) is 0.878. The summed E-state index contributed by atoms with van der Waals surface area (Å²) in [5.41, 5.74) is 0.653. The van der Waals surface area contributed by atoms with E-state index >= 15 is 0 Å². The van der Waals surface area contributed by atoms with Crippen molar-refractivity contribution in [1.82, 2.24) is 4.72 Å². The fraction of sp³-hybridized carbons (Fsp3) is 0.692. The van der Waals surface area contributed by atoms with Crippen LogP contribution < -0.4 is 4.72 Å². The second kappa shape index (κ2) is 6.35. The van der Waals surface area contributed by atoms with Crippen LogP contribution in [0.4, 0.5) is 0 Å². The largest absolute Gasteiger partial charge is 0.392 e. The molecule has 1 aliphatic carbocycles. The van der Waals surface area contributed by atoms with Crippen molar-refractivity contribution in [3.8, 4) is 0 Å². The molecule has 0 bridgehead atoms. The fourth-order valence-electron chi connectivity index (χ4n) is 2.62. The van der Waals surface area contributed by atoms with Crippen molar-refractivity contribution in [2.75, 3.05) is 0 Å². The monoisotopic (exact) mass is 303 g/mol. The zero-order valence-corrected chi connectivity index (χ0v) is 12.8. The third-order valence-electron chi connectivity index (χ3n) is 3.76. The molecule has 0 aliphatic heterocycles. The van der Waals surface area contributed by atoms with E-state index in [0.29, 0.717) is 15.7 Å². The second-order valence-corrected chi connectivity index (χ2v) is 8.04. The number of hydrogen-bond acceptors (Lipinski definition) is 4. The predicted octanol–water partition coefficient (Wildman–Crippen LogP) is 2.49. The Morgan fingerprint density at radius 1 is 1.47 bits per heavy atom. The molecule has 2 rings (SSSR count). The number of aliphatic hydroxyl groups is 1. The lowest BCUT2D eigenvalue weighted by molar-refractivity contribution is 0.282. The van der Waals surface area contributed by atoms with E-state index in [1.54, 1.807) is 11.4 Å². The van der Waals surface area contributed by atoms with Gasteiger partial charge in [-0.05, 0) is 35.8 Å². The van der Waals surface area contributed by atoms with E-state index < -0.39 is 10.0 Å². The van der Waals surface area contributed by atoms with E-state index in [1.807, 2.05) is 0 Å². The molecule has 1 aromatic heterocycles. The Balaban J connectivity index is 2.04. The van der Waals surface area contributed by atoms with Gasteiger partial charge in [0.25, 0.3) is 0 Å². The number of aliphatic hydroxyl groups excluding tert-OH is 1. The molecule has 0 amide bonds. The maximum atomic E-state index is 12.2. The summed E-state index contributed by atoms with van der Waals surface area (Å²) >= 11 is 1.17. The van der Waals surface area contributed by atoms with Crippen LogP contribution in [0, 0.1) is 5.92 Å². The van der Waals surface area contributed by atoms with Crippen molar-refractivity contribution >= 4 is 21.4 Å². The Morgan fingerprint density at radius 3 is 2.89 bits per heavy atom. The molecule has 4 nitrogen and oxygen atoms in total. The molecule has 1 aromatic rings. The van der Waals surface area contributed by atoms with Gasteiger partial charge in [-0.2, -0.15) is 0 Å². The molecule has 2 atom stereocenters. The van der Waals surface area contributed by atoms with E-state index in [2.05, 4.69) is 11.6 Å². The topological polar surface area (TPSA) is 66.4 Å². The van der Waals surface area contributed by atoms with Gasteiger partial charge in [-0.3, -0.25) is 0 Å². The Labute approximate surface area is 118 Å². The lowest BCUT2D eigenvalue weighted by atomic mass is 9.85. The zero-order chi connectivity index (χ0) is 13.9. The fourth-order valence-corrected chi connectivity index (χ4v) is 5.12. The van der Waals surface area contributed by atoms with E-state index in [-0.39, 0.29) is 12.6 Å². The molecule has 108 valence electrons. The van der Waals surface area contributed by atoms with Crippen LogP contribution >= 0.6 is 11.3 Å². The standard InChI is InChI=1S/C13H21NO3S2/c1-2-10-4-3-5-12(6-10)14-19(16,17)13-7-11(8-15)9-18-13/h7,9-10,12,14-15H,2-6,8H2,1H3. The van der Waals surface area contributed by atoms with Crippen molar-refractivity contribution in [1.29, 1.82) is 0 Å². The first-order valence-electron chi connectivity index (χ1n) is 6.75. The average Bonchev–Trinajstić information content (AvgIpc) is 2.88. The molecule has 2 unspecified atom stereocenters. The van der Waals surface area contributed by atoms with Crippen molar-refractivity contribution in [3.05, 3.63) is 17.0 Å². The Hall–Kier alpha value is -0.430. The first-order chi connectivity index (χ1) is 9.05. The maximum absolute atomic E-state index is 12.2. The predicted molar refractivity (Wildman–Crippen MR) is 76.6 cm³/mol. The second-order valence-electron chi connectivity index (χ2n) is 5.19. The van der Waals surface area contributed by atoms with E-state index in [1.165, 1.54) is 17.8 Å². The lowest BCUT2D eigenvalue weighted by Gasteiger charge is -2.28. The molecule has 1 fully saturated rings. The van der Waals surface area contributed by atoms with Crippen molar-refractivity contribution in [2.24, 2.45) is 5.92 Å². The summed E-state index contributed by atoms with van der Waals surface area (Å²) in [5.74, 6) is 0.637. The van der Waals surface area contributed by atoms with Gasteiger partial charge in [-0.1, -0.05) is 26.2 Å². The van der Waals surface area contributed by atoms with Crippen LogP contribution in [-0.2, 0) is 16.6 Å². The van der Waals surface area contributed by atoms with Gasteiger partial charge in [0.05, 0.1) is 6.61 Å². The molecule has 2 N–H and O–H groups in total. The Kier molecular flexibility index (Phi) is 5.00. The highest BCUT2D eigenvalue weighted by Crippen LogP contribution is 2.28. The summed E-state index contributed by atoms with van der Waals surface area (Å²) < 4.78 is 27.6. The first-order valence-corrected chi connectivity index (χ1v) is 9.12. The number of nitrogens with one attached hydrogen (secondary N) is 1. The minimum atomic E-state index is -3.42. The van der Waals surface area contributed by atoms with Gasteiger partial charge < -0.3 is 5.11 Å². The molecule has 0 radical (unpaired) electrons. The van der Waals surface area contributed by atoms with Gasteiger partial charge in [-0.15, -0.1) is 11.3 Å². The smallest absolute Gasteiger partial charge is 0.250 e. The van der Waals surface area contributed by atoms with Crippen LogP contribution in [0.2, 0.25) is 0 Å². The summed E-state index contributed by atoms with van der Waals surface area (Å²) in [4.78, 5) is 0. The van der Waals surface area contributed by atoms with E-state index in [9.17, 15) is 8.42 Å². The van der Waals surface area contributed by atoms with Gasteiger partial charge in [-0.25, -0.2) is 13.1 Å². The number of thiophene rings is 1. The lowest BCUT2D eigenvalue weighted by Crippen LogP contribution is -2.38. The summed E-state index contributed by atoms with van der Waals surface area (Å²) in [6.07, 6.45) is 5.29. The molecule has 6 heteroatoms. The van der Waals surface area contributed by atoms with E-state index in [4.69, 9.17) is 5.11 Å². The zero-order valence-electron chi connectivity index (χ0n) is 11.1. The molecule has 0 saturated heterocycles. The molecule has 0 aromatic carbocycles. The number of sulfonamides is 1. The Morgan fingerprint density at radius 2 is 2.26 bits per heavy atom. The van der Waals surface area contributed by atoms with Gasteiger partial charge in [0, 0.05) is 6.04 Å². The minimum absolute atomic E-state index is 0.0587. The van der Waals surface area contributed by atoms with Crippen LogP contribution in [-0.4, -0.2) is 19.6 Å². The average molecular weight is 303 g/mol. The SMILES string of the molecule is CCC1CCCC(NS(=O)(=O)c2cc(CO)cs2)C1. The van der Waals surface area contributed by atoms with Gasteiger partial charge >= 0.3 is 0 Å². The highest BCUT2D eigenvalue weighted by molar-refractivity contribution is 7.91. The highest BCUT2D eigenvalue weighted by Gasteiger charge is 2.26. The molecular formula is C13H21NO3S2. The third kappa shape index (κ3) is 3.78. The highest BCUT2D eigenvalue weighted by atomic mass is 32.2. The van der Waals surface area contributed by atoms with Crippen LogP contribution in [0.3, 0.4) is 0 Å². The normalized spacial score (nSPS) is 24.5. The molecule has 1 aliphatic rings. The molecular weight excluding hydrogens is 282 g/mol. The van der Waals surface area contributed by atoms with Crippen molar-refractivity contribution in [2.45, 2.75) is 55.9 Å². The minimum Gasteiger partial charge on any atom is -0.392 e. The Bertz CT molecular complexity index is 510. The van der Waals surface area contributed by atoms with Gasteiger partial charge in [0.2, 0.25) is 10.0 Å². The maximum Gasteiger partial charge on any atom is 0.250 e. The van der Waals surface area contributed by atoms with E-state index in [0.717, 1.165) is 25.7 Å². The third-order valence-corrected chi connectivity index (χ3v) is 6.77. The van der Waals surface area contributed by atoms with Crippen LogP contribution in [0.1, 0.15) is 44.6 Å². The molecule has 1 heterocycles. The summed E-state index contributed by atoms with van der Waals surface area (Å²) in [6.45, 7) is 2.04. The molecule has 0 spiro atoms. The first kappa shape index (κ1) is 15.0. The van der Waals surface area contributed by atoms with Crippen molar-refractivity contribution in [3.63, 3.8) is 0 Å². The summed E-state index contributed by atoms with van der Waals surface area (Å²) in [5, 5.41) is 10.7. The van der Waals surface area contributed by atoms with Crippen molar-refractivity contribution < 1.29 is 13.5 Å². The number of rotatable bonds is 5. The molecule has 1 saturated carbocycles. The molecule has 19 heavy (non-hydrogen) atoms. The van der Waals surface area contributed by atoms with Crippen LogP contribution in [0.5, 0.6) is 0 Å². The van der Waals surface area contributed by atoms with Gasteiger partial charge in [0.1, 0.15) is 4.21 Å². The summed E-state index contributed by atoms with van der Waals surface area (Å²) in [7, 11) is -3.42. The summed E-state index contributed by atoms with van der Waals surface area (Å²) in [6, 6.07) is 1.61. The van der Waals surface area contributed by atoms with Crippen LogP contribution in [0.25, 0.3) is 0 Å². The number of hydrogen-bond donors (Lipinski definition) is 2.